The Kier molecular flexibility index (Phi) is 7.52. The van der Waals surface area contributed by atoms with Crippen LogP contribution in [0, 0.1) is 46.3 Å². The first-order chi connectivity index (χ1) is 15.7. The fourth-order valence-corrected chi connectivity index (χ4v) is 9.09. The first kappa shape index (κ1) is 25.1. The van der Waals surface area contributed by atoms with Gasteiger partial charge in [-0.15, -0.1) is 0 Å². The molecule has 0 aliphatic heterocycles. The Morgan fingerprint density at radius 1 is 1.09 bits per heavy atom. The molecule has 0 radical (unpaired) electrons. The van der Waals surface area contributed by atoms with Crippen LogP contribution >= 0.6 is 0 Å². The highest BCUT2D eigenvalue weighted by Crippen LogP contribution is 2.67. The second-order valence-electron chi connectivity index (χ2n) is 13.1. The van der Waals surface area contributed by atoms with Gasteiger partial charge in [0.15, 0.2) is 0 Å². The van der Waals surface area contributed by atoms with Gasteiger partial charge in [0.2, 0.25) is 0 Å². The molecule has 3 fully saturated rings. The average molecular weight is 455 g/mol. The van der Waals surface area contributed by atoms with Crippen molar-refractivity contribution in [2.75, 3.05) is 0 Å². The van der Waals surface area contributed by atoms with Crippen molar-refractivity contribution in [3.05, 3.63) is 23.8 Å². The number of allylic oxidation sites excluding steroid dienone is 2. The third-order valence-corrected chi connectivity index (χ3v) is 10.8. The van der Waals surface area contributed by atoms with E-state index in [-0.39, 0.29) is 12.1 Å². The molecule has 4 aliphatic carbocycles. The molecule has 4 rings (SSSR count). The van der Waals surface area contributed by atoms with Crippen molar-refractivity contribution in [3.63, 3.8) is 0 Å². The number of carbonyl (C=O) groups is 1. The highest BCUT2D eigenvalue weighted by atomic mass is 16.5. The van der Waals surface area contributed by atoms with Gasteiger partial charge in [-0.2, -0.15) is 0 Å². The maximum atomic E-state index is 12.0. The number of rotatable bonds is 7. The van der Waals surface area contributed by atoms with Crippen LogP contribution in [0.25, 0.3) is 0 Å². The van der Waals surface area contributed by atoms with Crippen LogP contribution in [0.15, 0.2) is 23.8 Å². The molecule has 0 saturated heterocycles. The molecule has 0 aromatic carbocycles. The molecule has 2 heteroatoms. The third-order valence-electron chi connectivity index (χ3n) is 10.8. The van der Waals surface area contributed by atoms with Crippen LogP contribution < -0.4 is 0 Å². The Bertz CT molecular complexity index is 763. The SMILES string of the molecule is CC=CC(=O)OC1CCC2(C)C(=CCC3C2CCC2(C)C(C(C)CCCC(C)C)CCC32)C1. The Labute approximate surface area is 204 Å². The summed E-state index contributed by atoms with van der Waals surface area (Å²) in [4.78, 5) is 12.0. The molecule has 0 aromatic heterocycles. The van der Waals surface area contributed by atoms with E-state index in [0.29, 0.717) is 10.8 Å². The molecule has 0 amide bonds. The number of esters is 1. The Balaban J connectivity index is 1.44. The van der Waals surface area contributed by atoms with Crippen LogP contribution in [0.1, 0.15) is 112 Å². The van der Waals surface area contributed by atoms with E-state index in [1.54, 1.807) is 17.7 Å². The topological polar surface area (TPSA) is 26.3 Å². The molecule has 8 atom stereocenters. The maximum absolute atomic E-state index is 12.0. The first-order valence-electron chi connectivity index (χ1n) is 14.2. The van der Waals surface area contributed by atoms with E-state index < -0.39 is 0 Å². The van der Waals surface area contributed by atoms with Gasteiger partial charge in [-0.3, -0.25) is 0 Å². The summed E-state index contributed by atoms with van der Waals surface area (Å²) in [5.41, 5.74) is 2.49. The van der Waals surface area contributed by atoms with Gasteiger partial charge in [-0.1, -0.05) is 71.6 Å². The summed E-state index contributed by atoms with van der Waals surface area (Å²) in [5.74, 6) is 5.08. The van der Waals surface area contributed by atoms with Gasteiger partial charge < -0.3 is 4.74 Å². The molecule has 33 heavy (non-hydrogen) atoms. The molecule has 2 nitrogen and oxygen atoms in total. The van der Waals surface area contributed by atoms with Crippen molar-refractivity contribution < 1.29 is 9.53 Å². The first-order valence-corrected chi connectivity index (χ1v) is 14.2. The zero-order chi connectivity index (χ0) is 23.8. The quantitative estimate of drug-likeness (QED) is 0.219. The monoisotopic (exact) mass is 454 g/mol. The summed E-state index contributed by atoms with van der Waals surface area (Å²) >= 11 is 0. The van der Waals surface area contributed by atoms with E-state index >= 15 is 0 Å². The highest BCUT2D eigenvalue weighted by Gasteiger charge is 2.59. The van der Waals surface area contributed by atoms with Crippen molar-refractivity contribution in [1.82, 2.24) is 0 Å². The summed E-state index contributed by atoms with van der Waals surface area (Å²) in [6.07, 6.45) is 20.4. The van der Waals surface area contributed by atoms with E-state index in [4.69, 9.17) is 4.74 Å². The number of carbonyl (C=O) groups excluding carboxylic acids is 1. The molecule has 0 bridgehead atoms. The molecule has 8 unspecified atom stereocenters. The number of ether oxygens (including phenoxy) is 1. The number of fused-ring (bicyclic) bond motifs is 5. The van der Waals surface area contributed by atoms with Gasteiger partial charge in [0.1, 0.15) is 6.10 Å². The van der Waals surface area contributed by atoms with E-state index in [0.717, 1.165) is 48.3 Å². The van der Waals surface area contributed by atoms with Crippen molar-refractivity contribution in [1.29, 1.82) is 0 Å². The van der Waals surface area contributed by atoms with Crippen LogP contribution in [0.3, 0.4) is 0 Å². The molecule has 186 valence electrons. The fraction of sp³-hybridized carbons (Fsp3) is 0.839. The second-order valence-corrected chi connectivity index (χ2v) is 13.1. The van der Waals surface area contributed by atoms with E-state index in [1.165, 1.54) is 57.8 Å². The van der Waals surface area contributed by atoms with Crippen molar-refractivity contribution >= 4 is 5.97 Å². The summed E-state index contributed by atoms with van der Waals surface area (Å²) in [6.45, 7) is 14.4. The minimum absolute atomic E-state index is 0.0704. The standard InChI is InChI=1S/C31H50O2/c1-7-9-29(32)33-24-16-18-30(5)23(20-24)12-13-25-27-15-14-26(22(4)11-8-10-21(2)3)31(27,6)19-17-28(25)30/h7,9,12,21-22,24-28H,8,10-11,13-20H2,1-6H3. The molecular formula is C31H50O2. The van der Waals surface area contributed by atoms with Gasteiger partial charge in [-0.25, -0.2) is 4.79 Å². The van der Waals surface area contributed by atoms with Crippen molar-refractivity contribution in [2.24, 2.45) is 46.3 Å². The van der Waals surface area contributed by atoms with Gasteiger partial charge in [0, 0.05) is 12.5 Å². The molecule has 0 N–H and O–H groups in total. The van der Waals surface area contributed by atoms with E-state index in [9.17, 15) is 4.79 Å². The highest BCUT2D eigenvalue weighted by molar-refractivity contribution is 5.81. The summed E-state index contributed by atoms with van der Waals surface area (Å²) in [6, 6.07) is 0. The minimum Gasteiger partial charge on any atom is -0.459 e. The van der Waals surface area contributed by atoms with Crippen LogP contribution in [0.5, 0.6) is 0 Å². The molecule has 0 heterocycles. The van der Waals surface area contributed by atoms with Gasteiger partial charge >= 0.3 is 5.97 Å². The predicted molar refractivity (Wildman–Crippen MR) is 138 cm³/mol. The van der Waals surface area contributed by atoms with Gasteiger partial charge in [0.25, 0.3) is 0 Å². The molecule has 3 saturated carbocycles. The Morgan fingerprint density at radius 3 is 2.61 bits per heavy atom. The lowest BCUT2D eigenvalue weighted by Crippen LogP contribution is -2.51. The minimum atomic E-state index is -0.173. The lowest BCUT2D eigenvalue weighted by Gasteiger charge is -2.58. The second kappa shape index (κ2) is 9.90. The molecule has 0 spiro atoms. The van der Waals surface area contributed by atoms with Crippen LogP contribution in [0.4, 0.5) is 0 Å². The molecule has 4 aliphatic rings. The maximum Gasteiger partial charge on any atom is 0.330 e. The fourth-order valence-electron chi connectivity index (χ4n) is 9.09. The van der Waals surface area contributed by atoms with Gasteiger partial charge in [0.05, 0.1) is 0 Å². The van der Waals surface area contributed by atoms with Crippen LogP contribution in [-0.4, -0.2) is 12.1 Å². The summed E-state index contributed by atoms with van der Waals surface area (Å²) in [7, 11) is 0. The molecule has 0 aromatic rings. The van der Waals surface area contributed by atoms with Crippen LogP contribution in [0.2, 0.25) is 0 Å². The zero-order valence-corrected chi connectivity index (χ0v) is 22.4. The smallest absolute Gasteiger partial charge is 0.330 e. The van der Waals surface area contributed by atoms with Gasteiger partial charge in [-0.05, 0) is 98.2 Å². The normalized spacial score (nSPS) is 41.3. The summed E-state index contributed by atoms with van der Waals surface area (Å²) < 4.78 is 5.77. The predicted octanol–water partition coefficient (Wildman–Crippen LogP) is 8.52. The Morgan fingerprint density at radius 2 is 1.88 bits per heavy atom. The zero-order valence-electron chi connectivity index (χ0n) is 22.4. The Hall–Kier alpha value is -1.05. The van der Waals surface area contributed by atoms with Crippen molar-refractivity contribution in [3.8, 4) is 0 Å². The lowest BCUT2D eigenvalue weighted by atomic mass is 9.47. The van der Waals surface area contributed by atoms with Crippen LogP contribution in [-0.2, 0) is 9.53 Å². The summed E-state index contributed by atoms with van der Waals surface area (Å²) in [5, 5.41) is 0. The largest absolute Gasteiger partial charge is 0.459 e. The van der Waals surface area contributed by atoms with E-state index in [1.807, 2.05) is 6.92 Å². The lowest BCUT2D eigenvalue weighted by molar-refractivity contribution is -0.145. The average Bonchev–Trinajstić information content (AvgIpc) is 3.11. The third kappa shape index (κ3) is 4.74. The van der Waals surface area contributed by atoms with Crippen molar-refractivity contribution in [2.45, 2.75) is 118 Å². The molecular weight excluding hydrogens is 404 g/mol. The van der Waals surface area contributed by atoms with E-state index in [2.05, 4.69) is 40.7 Å². The number of hydrogen-bond acceptors (Lipinski definition) is 2. The number of hydrogen-bond donors (Lipinski definition) is 0.